The molecule has 2 aliphatic rings. The molecule has 22 heavy (non-hydrogen) atoms. The van der Waals surface area contributed by atoms with Gasteiger partial charge in [-0.15, -0.1) is 11.3 Å². The molecule has 1 aliphatic heterocycles. The number of amides is 1. The normalized spacial score (nSPS) is 20.3. The van der Waals surface area contributed by atoms with Crippen molar-refractivity contribution in [2.24, 2.45) is 0 Å². The predicted molar refractivity (Wildman–Crippen MR) is 83.6 cm³/mol. The number of nitrogens with one attached hydrogen (secondary N) is 3. The number of fused-ring (bicyclic) bond motifs is 2. The molecule has 7 heteroatoms. The fourth-order valence-electron chi connectivity index (χ4n) is 3.18. The number of rotatable bonds is 3. The lowest BCUT2D eigenvalue weighted by Crippen LogP contribution is -2.41. The Morgan fingerprint density at radius 1 is 1.36 bits per heavy atom. The van der Waals surface area contributed by atoms with Crippen LogP contribution < -0.4 is 10.6 Å². The quantitative estimate of drug-likeness (QED) is 0.795. The third kappa shape index (κ3) is 2.55. The largest absolute Gasteiger partial charge is 0.348 e. The number of aromatic nitrogens is 3. The van der Waals surface area contributed by atoms with E-state index in [9.17, 15) is 4.79 Å². The van der Waals surface area contributed by atoms with Gasteiger partial charge in [-0.3, -0.25) is 4.79 Å². The fraction of sp³-hybridized carbons (Fsp3) is 0.533. The summed E-state index contributed by atoms with van der Waals surface area (Å²) >= 11 is 1.74. The first kappa shape index (κ1) is 13.9. The molecule has 6 nitrogen and oxygen atoms in total. The van der Waals surface area contributed by atoms with Gasteiger partial charge in [-0.25, -0.2) is 9.97 Å². The molecule has 0 saturated heterocycles. The first-order valence-electron chi connectivity index (χ1n) is 7.82. The van der Waals surface area contributed by atoms with Crippen molar-refractivity contribution in [3.05, 3.63) is 33.3 Å². The number of nitrogens with zero attached hydrogens (tertiary/aromatic N) is 2. The van der Waals surface area contributed by atoms with E-state index in [1.165, 1.54) is 23.4 Å². The zero-order valence-electron chi connectivity index (χ0n) is 12.3. The van der Waals surface area contributed by atoms with E-state index >= 15 is 0 Å². The third-order valence-electron chi connectivity index (χ3n) is 4.31. The highest BCUT2D eigenvalue weighted by Crippen LogP contribution is 2.26. The van der Waals surface area contributed by atoms with Gasteiger partial charge in [0.2, 0.25) is 5.91 Å². The Hall–Kier alpha value is -1.73. The van der Waals surface area contributed by atoms with E-state index in [1.807, 2.05) is 0 Å². The van der Waals surface area contributed by atoms with Crippen LogP contribution in [0.25, 0.3) is 0 Å². The number of thiazole rings is 1. The van der Waals surface area contributed by atoms with Crippen LogP contribution >= 0.6 is 11.3 Å². The van der Waals surface area contributed by atoms with Crippen molar-refractivity contribution in [1.82, 2.24) is 25.6 Å². The molecule has 116 valence electrons. The van der Waals surface area contributed by atoms with Crippen molar-refractivity contribution < 1.29 is 4.79 Å². The van der Waals surface area contributed by atoms with Crippen LogP contribution in [0.2, 0.25) is 0 Å². The highest BCUT2D eigenvalue weighted by atomic mass is 32.1. The second kappa shape index (κ2) is 5.81. The summed E-state index contributed by atoms with van der Waals surface area (Å²) in [6.07, 6.45) is 7.26. The lowest BCUT2D eigenvalue weighted by Gasteiger charge is -2.21. The third-order valence-corrected chi connectivity index (χ3v) is 5.47. The second-order valence-electron chi connectivity index (χ2n) is 5.81. The fourth-order valence-corrected chi connectivity index (χ4v) is 4.28. The van der Waals surface area contributed by atoms with Gasteiger partial charge in [0.05, 0.1) is 24.3 Å². The molecule has 0 saturated carbocycles. The lowest BCUT2D eigenvalue weighted by molar-refractivity contribution is -0.123. The number of hydrogen-bond donors (Lipinski definition) is 3. The van der Waals surface area contributed by atoms with Crippen LogP contribution in [0.5, 0.6) is 0 Å². The van der Waals surface area contributed by atoms with Crippen molar-refractivity contribution in [2.45, 2.75) is 44.7 Å². The van der Waals surface area contributed by atoms with Gasteiger partial charge < -0.3 is 15.6 Å². The average molecular weight is 317 g/mol. The Morgan fingerprint density at radius 2 is 2.27 bits per heavy atom. The molecule has 1 atom stereocenters. The molecule has 2 aromatic rings. The number of aryl methyl sites for hydroxylation is 2. The molecule has 0 bridgehead atoms. The zero-order chi connectivity index (χ0) is 14.9. The number of carbonyl (C=O) groups is 1. The summed E-state index contributed by atoms with van der Waals surface area (Å²) in [6.45, 7) is 1.30. The van der Waals surface area contributed by atoms with Crippen LogP contribution in [0.3, 0.4) is 0 Å². The van der Waals surface area contributed by atoms with E-state index in [0.29, 0.717) is 6.54 Å². The highest BCUT2D eigenvalue weighted by Gasteiger charge is 2.28. The number of aromatic amines is 1. The number of hydrogen-bond acceptors (Lipinski definition) is 5. The van der Waals surface area contributed by atoms with Crippen molar-refractivity contribution in [1.29, 1.82) is 0 Å². The molecule has 0 radical (unpaired) electrons. The van der Waals surface area contributed by atoms with Gasteiger partial charge in [-0.1, -0.05) is 0 Å². The lowest BCUT2D eigenvalue weighted by atomic mass is 10.0. The maximum Gasteiger partial charge on any atom is 0.243 e. The molecular formula is C15H19N5OS. The molecule has 0 fully saturated rings. The minimum Gasteiger partial charge on any atom is -0.348 e. The first-order chi connectivity index (χ1) is 10.8. The predicted octanol–water partition coefficient (Wildman–Crippen LogP) is 1.25. The van der Waals surface area contributed by atoms with Crippen LogP contribution in [-0.2, 0) is 30.6 Å². The molecule has 0 unspecified atom stereocenters. The van der Waals surface area contributed by atoms with Crippen molar-refractivity contribution >= 4 is 17.2 Å². The minimum atomic E-state index is -0.357. The minimum absolute atomic E-state index is 0.0266. The standard InChI is InChI=1S/C15H19N5OS/c21-15(14-13-10(5-6-16-14)18-8-19-13)17-7-12-20-9-3-1-2-4-11(9)22-12/h8,14,16H,1-7H2,(H,17,21)(H,18,19)/t14-/m0/s1. The van der Waals surface area contributed by atoms with Gasteiger partial charge in [-0.2, -0.15) is 0 Å². The average Bonchev–Trinajstić information content (AvgIpc) is 3.18. The van der Waals surface area contributed by atoms with Gasteiger partial charge in [0, 0.05) is 23.5 Å². The monoisotopic (exact) mass is 317 g/mol. The molecule has 0 aromatic carbocycles. The van der Waals surface area contributed by atoms with E-state index in [0.717, 1.165) is 42.2 Å². The van der Waals surface area contributed by atoms with Crippen LogP contribution in [-0.4, -0.2) is 27.4 Å². The SMILES string of the molecule is O=C(NCc1nc2c(s1)CCCC2)[C@H]1NCCc2[nH]cnc21. The molecule has 3 N–H and O–H groups in total. The van der Waals surface area contributed by atoms with E-state index in [-0.39, 0.29) is 11.9 Å². The Morgan fingerprint density at radius 3 is 3.18 bits per heavy atom. The summed E-state index contributed by atoms with van der Waals surface area (Å²) in [5.41, 5.74) is 3.12. The highest BCUT2D eigenvalue weighted by molar-refractivity contribution is 7.11. The molecule has 2 aromatic heterocycles. The number of imidazole rings is 1. The smallest absolute Gasteiger partial charge is 0.243 e. The van der Waals surface area contributed by atoms with Gasteiger partial charge in [0.25, 0.3) is 0 Å². The Kier molecular flexibility index (Phi) is 3.67. The summed E-state index contributed by atoms with van der Waals surface area (Å²) < 4.78 is 0. The Labute approximate surface area is 132 Å². The molecule has 3 heterocycles. The number of H-pyrrole nitrogens is 1. The van der Waals surface area contributed by atoms with Crippen LogP contribution in [0.15, 0.2) is 6.33 Å². The van der Waals surface area contributed by atoms with Gasteiger partial charge in [0.1, 0.15) is 11.0 Å². The van der Waals surface area contributed by atoms with Gasteiger partial charge in [0.15, 0.2) is 0 Å². The van der Waals surface area contributed by atoms with Crippen molar-refractivity contribution in [3.63, 3.8) is 0 Å². The number of carbonyl (C=O) groups excluding carboxylic acids is 1. The summed E-state index contributed by atoms with van der Waals surface area (Å²) in [7, 11) is 0. The summed E-state index contributed by atoms with van der Waals surface area (Å²) in [4.78, 5) is 25.9. The van der Waals surface area contributed by atoms with Gasteiger partial charge >= 0.3 is 0 Å². The van der Waals surface area contributed by atoms with E-state index in [1.54, 1.807) is 17.7 Å². The van der Waals surface area contributed by atoms with Crippen LogP contribution in [0.1, 0.15) is 45.9 Å². The topological polar surface area (TPSA) is 82.7 Å². The maximum atomic E-state index is 12.4. The van der Waals surface area contributed by atoms with Crippen molar-refractivity contribution in [2.75, 3.05) is 6.54 Å². The van der Waals surface area contributed by atoms with Gasteiger partial charge in [-0.05, 0) is 25.7 Å². The molecular weight excluding hydrogens is 298 g/mol. The molecule has 4 rings (SSSR count). The second-order valence-corrected chi connectivity index (χ2v) is 6.97. The summed E-state index contributed by atoms with van der Waals surface area (Å²) in [5, 5.41) is 7.25. The Bertz CT molecular complexity index is 668. The summed E-state index contributed by atoms with van der Waals surface area (Å²) in [5.74, 6) is -0.0266. The van der Waals surface area contributed by atoms with E-state index < -0.39 is 0 Å². The molecule has 1 amide bonds. The molecule has 0 spiro atoms. The van der Waals surface area contributed by atoms with E-state index in [4.69, 9.17) is 0 Å². The summed E-state index contributed by atoms with van der Waals surface area (Å²) in [6, 6.07) is -0.357. The van der Waals surface area contributed by atoms with Crippen LogP contribution in [0.4, 0.5) is 0 Å². The maximum absolute atomic E-state index is 12.4. The van der Waals surface area contributed by atoms with Crippen LogP contribution in [0, 0.1) is 0 Å². The zero-order valence-corrected chi connectivity index (χ0v) is 13.1. The molecule has 1 aliphatic carbocycles. The van der Waals surface area contributed by atoms with Crippen molar-refractivity contribution in [3.8, 4) is 0 Å². The van der Waals surface area contributed by atoms with E-state index in [2.05, 4.69) is 25.6 Å². The first-order valence-corrected chi connectivity index (χ1v) is 8.63. The Balaban J connectivity index is 1.42.